The van der Waals surface area contributed by atoms with E-state index in [1.165, 1.54) is 5.56 Å². The maximum Gasteiger partial charge on any atom is 0.220 e. The Balaban J connectivity index is 2.13. The lowest BCUT2D eigenvalue weighted by atomic mass is 10.1. The highest BCUT2D eigenvalue weighted by molar-refractivity contribution is 9.10. The predicted molar refractivity (Wildman–Crippen MR) is 73.9 cm³/mol. The molecule has 0 bridgehead atoms. The summed E-state index contributed by atoms with van der Waals surface area (Å²) in [7, 11) is 0. The van der Waals surface area contributed by atoms with E-state index < -0.39 is 0 Å². The summed E-state index contributed by atoms with van der Waals surface area (Å²) in [6.45, 7) is 1.92. The fourth-order valence-corrected chi connectivity index (χ4v) is 2.50. The van der Waals surface area contributed by atoms with Gasteiger partial charge in [-0.3, -0.25) is 0 Å². The van der Waals surface area contributed by atoms with Gasteiger partial charge in [-0.25, -0.2) is 15.0 Å². The molecule has 2 aromatic rings. The number of anilines is 1. The van der Waals surface area contributed by atoms with Crippen molar-refractivity contribution < 1.29 is 0 Å². The van der Waals surface area contributed by atoms with Crippen LogP contribution in [0.5, 0.6) is 0 Å². The molecule has 0 aromatic carbocycles. The number of aromatic nitrogens is 3. The van der Waals surface area contributed by atoms with Crippen molar-refractivity contribution in [2.24, 2.45) is 0 Å². The van der Waals surface area contributed by atoms with Crippen LogP contribution in [0.4, 0.5) is 5.95 Å². The standard InChI is InChI=1S/C13H11BrN4/c1-7-4-11(18-13(15)17-7)9-3-2-8-6-16-12(14)5-10(8)9/h3-6H,2H2,1H3,(H2,15,17,18). The van der Waals surface area contributed by atoms with Gasteiger partial charge in [0.15, 0.2) is 0 Å². The van der Waals surface area contributed by atoms with Gasteiger partial charge in [-0.2, -0.15) is 0 Å². The Bertz CT molecular complexity index is 644. The average Bonchev–Trinajstić information content (AvgIpc) is 2.70. The van der Waals surface area contributed by atoms with Gasteiger partial charge < -0.3 is 5.73 Å². The molecule has 0 fully saturated rings. The molecule has 90 valence electrons. The van der Waals surface area contributed by atoms with Gasteiger partial charge >= 0.3 is 0 Å². The van der Waals surface area contributed by atoms with Crippen molar-refractivity contribution in [3.05, 3.63) is 51.5 Å². The van der Waals surface area contributed by atoms with Crippen LogP contribution < -0.4 is 5.73 Å². The highest BCUT2D eigenvalue weighted by Gasteiger charge is 2.18. The number of hydrogen-bond acceptors (Lipinski definition) is 4. The van der Waals surface area contributed by atoms with E-state index in [1.54, 1.807) is 0 Å². The van der Waals surface area contributed by atoms with Crippen molar-refractivity contribution >= 4 is 27.5 Å². The Hall–Kier alpha value is -1.75. The molecular formula is C13H11BrN4. The first-order valence-corrected chi connectivity index (χ1v) is 6.39. The number of fused-ring (bicyclic) bond motifs is 1. The van der Waals surface area contributed by atoms with Gasteiger partial charge in [-0.05, 0) is 52.5 Å². The highest BCUT2D eigenvalue weighted by atomic mass is 79.9. The minimum Gasteiger partial charge on any atom is -0.368 e. The zero-order valence-electron chi connectivity index (χ0n) is 9.81. The Kier molecular flexibility index (Phi) is 2.63. The monoisotopic (exact) mass is 302 g/mol. The van der Waals surface area contributed by atoms with E-state index in [1.807, 2.05) is 25.3 Å². The van der Waals surface area contributed by atoms with Crippen LogP contribution in [0.2, 0.25) is 0 Å². The molecule has 0 spiro atoms. The molecule has 1 aliphatic carbocycles. The van der Waals surface area contributed by atoms with E-state index in [-0.39, 0.29) is 0 Å². The number of nitrogen functional groups attached to an aromatic ring is 1. The maximum atomic E-state index is 5.71. The largest absolute Gasteiger partial charge is 0.368 e. The third-order valence-electron chi connectivity index (χ3n) is 2.92. The minimum atomic E-state index is 0.312. The molecule has 5 heteroatoms. The van der Waals surface area contributed by atoms with Crippen molar-refractivity contribution in [2.75, 3.05) is 5.73 Å². The van der Waals surface area contributed by atoms with E-state index in [0.29, 0.717) is 5.95 Å². The smallest absolute Gasteiger partial charge is 0.220 e. The van der Waals surface area contributed by atoms with Crippen LogP contribution in [-0.4, -0.2) is 15.0 Å². The third-order valence-corrected chi connectivity index (χ3v) is 3.35. The fourth-order valence-electron chi connectivity index (χ4n) is 2.17. The number of hydrogen-bond donors (Lipinski definition) is 1. The highest BCUT2D eigenvalue weighted by Crippen LogP contribution is 2.33. The summed E-state index contributed by atoms with van der Waals surface area (Å²) in [5.74, 6) is 0.312. The molecule has 0 amide bonds. The molecule has 1 aliphatic rings. The molecule has 18 heavy (non-hydrogen) atoms. The van der Waals surface area contributed by atoms with Crippen molar-refractivity contribution in [2.45, 2.75) is 13.3 Å². The summed E-state index contributed by atoms with van der Waals surface area (Å²) in [5, 5.41) is 0. The number of halogens is 1. The molecule has 2 N–H and O–H groups in total. The van der Waals surface area contributed by atoms with Gasteiger partial charge in [0.1, 0.15) is 4.60 Å². The Morgan fingerprint density at radius 1 is 1.28 bits per heavy atom. The summed E-state index contributed by atoms with van der Waals surface area (Å²) in [5.41, 5.74) is 10.9. The van der Waals surface area contributed by atoms with Crippen LogP contribution in [0.3, 0.4) is 0 Å². The first-order valence-electron chi connectivity index (χ1n) is 5.60. The molecule has 0 unspecified atom stereocenters. The van der Waals surface area contributed by atoms with Crippen LogP contribution in [0.15, 0.2) is 29.0 Å². The second-order valence-corrected chi connectivity index (χ2v) is 5.05. The molecular weight excluding hydrogens is 292 g/mol. The number of allylic oxidation sites excluding steroid dienone is 1. The van der Waals surface area contributed by atoms with Gasteiger partial charge in [-0.15, -0.1) is 0 Å². The summed E-state index contributed by atoms with van der Waals surface area (Å²) in [6.07, 6.45) is 4.92. The van der Waals surface area contributed by atoms with Gasteiger partial charge in [0.2, 0.25) is 5.95 Å². The summed E-state index contributed by atoms with van der Waals surface area (Å²) >= 11 is 3.40. The van der Waals surface area contributed by atoms with E-state index >= 15 is 0 Å². The Labute approximate surface area is 113 Å². The topological polar surface area (TPSA) is 64.7 Å². The lowest BCUT2D eigenvalue weighted by Gasteiger charge is -2.07. The van der Waals surface area contributed by atoms with Gasteiger partial charge in [-0.1, -0.05) is 6.08 Å². The van der Waals surface area contributed by atoms with Crippen molar-refractivity contribution in [1.82, 2.24) is 15.0 Å². The molecule has 0 aliphatic heterocycles. The van der Waals surface area contributed by atoms with E-state index in [9.17, 15) is 0 Å². The van der Waals surface area contributed by atoms with E-state index in [2.05, 4.69) is 37.0 Å². The maximum absolute atomic E-state index is 5.71. The van der Waals surface area contributed by atoms with Crippen LogP contribution >= 0.6 is 15.9 Å². The lowest BCUT2D eigenvalue weighted by Crippen LogP contribution is -2.01. The number of pyridine rings is 1. The van der Waals surface area contributed by atoms with Crippen molar-refractivity contribution in [3.63, 3.8) is 0 Å². The number of nitrogens with two attached hydrogens (primary N) is 1. The lowest BCUT2D eigenvalue weighted by molar-refractivity contribution is 1.10. The molecule has 4 nitrogen and oxygen atoms in total. The minimum absolute atomic E-state index is 0.312. The first kappa shape index (κ1) is 11.3. The van der Waals surface area contributed by atoms with Crippen LogP contribution in [0, 0.1) is 6.92 Å². The Morgan fingerprint density at radius 3 is 2.89 bits per heavy atom. The number of aryl methyl sites for hydroxylation is 1. The molecule has 2 heterocycles. The molecule has 2 aromatic heterocycles. The number of rotatable bonds is 1. The molecule has 0 radical (unpaired) electrons. The van der Waals surface area contributed by atoms with Crippen molar-refractivity contribution in [1.29, 1.82) is 0 Å². The fraction of sp³-hybridized carbons (Fsp3) is 0.154. The van der Waals surface area contributed by atoms with Crippen LogP contribution in [0.1, 0.15) is 22.5 Å². The van der Waals surface area contributed by atoms with Gasteiger partial charge in [0, 0.05) is 17.5 Å². The second kappa shape index (κ2) is 4.17. The van der Waals surface area contributed by atoms with Gasteiger partial charge in [0.25, 0.3) is 0 Å². The molecule has 0 atom stereocenters. The van der Waals surface area contributed by atoms with E-state index in [0.717, 1.165) is 33.5 Å². The van der Waals surface area contributed by atoms with Gasteiger partial charge in [0.05, 0.1) is 5.69 Å². The van der Waals surface area contributed by atoms with E-state index in [4.69, 9.17) is 5.73 Å². The predicted octanol–water partition coefficient (Wildman–Crippen LogP) is 2.51. The molecule has 3 rings (SSSR count). The van der Waals surface area contributed by atoms with Crippen LogP contribution in [-0.2, 0) is 6.42 Å². The number of nitrogens with zero attached hydrogens (tertiary/aromatic N) is 3. The quantitative estimate of drug-likeness (QED) is 0.822. The molecule has 0 saturated heterocycles. The molecule has 0 saturated carbocycles. The third kappa shape index (κ3) is 1.90. The zero-order valence-corrected chi connectivity index (χ0v) is 11.4. The SMILES string of the molecule is Cc1cc(C2=CCc3cnc(Br)cc32)nc(N)n1. The second-order valence-electron chi connectivity index (χ2n) is 4.24. The van der Waals surface area contributed by atoms with Crippen molar-refractivity contribution in [3.8, 4) is 0 Å². The van der Waals surface area contributed by atoms with Crippen LogP contribution in [0.25, 0.3) is 5.57 Å². The zero-order chi connectivity index (χ0) is 12.7. The Morgan fingerprint density at radius 2 is 2.11 bits per heavy atom. The summed E-state index contributed by atoms with van der Waals surface area (Å²) in [4.78, 5) is 12.6. The summed E-state index contributed by atoms with van der Waals surface area (Å²) < 4.78 is 0.827. The normalized spacial score (nSPS) is 13.3. The summed E-state index contributed by atoms with van der Waals surface area (Å²) in [6, 6.07) is 3.97. The first-order chi connectivity index (χ1) is 8.63. The average molecular weight is 303 g/mol.